The lowest BCUT2D eigenvalue weighted by molar-refractivity contribution is -0.133. The first kappa shape index (κ1) is 22.4. The van der Waals surface area contributed by atoms with Crippen LogP contribution in [-0.2, 0) is 19.6 Å². The summed E-state index contributed by atoms with van der Waals surface area (Å²) < 4.78 is 36.1. The van der Waals surface area contributed by atoms with E-state index in [-0.39, 0.29) is 25.0 Å². The standard InChI is InChI=1S/C20H29N3O6S/c1-20(19(25)21-14-7-5-6-8-14)13-22(30(4,26)27)12-18(24)23(20)15-9-16(28-2)11-17(10-15)29-3/h9-11,14H,5-8,12-13H2,1-4H3,(H,21,25). The summed E-state index contributed by atoms with van der Waals surface area (Å²) in [7, 11) is -0.677. The SMILES string of the molecule is COc1cc(OC)cc(N2C(=O)CN(S(C)(=O)=O)CC2(C)C(=O)NC2CCCC2)c1. The van der Waals surface area contributed by atoms with Gasteiger partial charge in [0.15, 0.2) is 0 Å². The molecule has 1 saturated heterocycles. The lowest BCUT2D eigenvalue weighted by atomic mass is 9.93. The van der Waals surface area contributed by atoms with Crippen LogP contribution < -0.4 is 19.7 Å². The number of methoxy groups -OCH3 is 2. The molecule has 0 bridgehead atoms. The summed E-state index contributed by atoms with van der Waals surface area (Å²) in [6.45, 7) is 1.11. The van der Waals surface area contributed by atoms with Crippen molar-refractivity contribution in [2.75, 3.05) is 38.5 Å². The van der Waals surface area contributed by atoms with Crippen molar-refractivity contribution in [1.29, 1.82) is 0 Å². The number of hydrogen-bond donors (Lipinski definition) is 1. The minimum atomic E-state index is -3.67. The Bertz CT molecular complexity index is 906. The minimum absolute atomic E-state index is 0.0275. The van der Waals surface area contributed by atoms with E-state index in [0.29, 0.717) is 17.2 Å². The van der Waals surface area contributed by atoms with E-state index >= 15 is 0 Å². The second kappa shape index (κ2) is 8.43. The van der Waals surface area contributed by atoms with Gasteiger partial charge in [0, 0.05) is 30.8 Å². The molecule has 0 radical (unpaired) electrons. The van der Waals surface area contributed by atoms with E-state index < -0.39 is 21.5 Å². The minimum Gasteiger partial charge on any atom is -0.497 e. The quantitative estimate of drug-likeness (QED) is 0.712. The molecule has 3 rings (SSSR count). The van der Waals surface area contributed by atoms with Crippen LogP contribution in [0.15, 0.2) is 18.2 Å². The molecule has 2 amide bonds. The van der Waals surface area contributed by atoms with Gasteiger partial charge in [0.25, 0.3) is 0 Å². The molecule has 166 valence electrons. The lowest BCUT2D eigenvalue weighted by Crippen LogP contribution is -2.70. The van der Waals surface area contributed by atoms with Crippen LogP contribution in [-0.4, -0.2) is 69.7 Å². The molecule has 1 aromatic carbocycles. The molecule has 1 aliphatic heterocycles. The van der Waals surface area contributed by atoms with Gasteiger partial charge in [-0.1, -0.05) is 12.8 Å². The zero-order chi connectivity index (χ0) is 22.1. The third-order valence-corrected chi connectivity index (χ3v) is 6.98. The number of carbonyl (C=O) groups is 2. The number of ether oxygens (including phenoxy) is 2. The zero-order valence-electron chi connectivity index (χ0n) is 17.8. The van der Waals surface area contributed by atoms with E-state index in [9.17, 15) is 18.0 Å². The van der Waals surface area contributed by atoms with Crippen LogP contribution in [0.1, 0.15) is 32.6 Å². The normalized spacial score (nSPS) is 23.5. The maximum Gasteiger partial charge on any atom is 0.247 e. The van der Waals surface area contributed by atoms with E-state index in [1.807, 2.05) is 0 Å². The highest BCUT2D eigenvalue weighted by molar-refractivity contribution is 7.88. The number of amides is 2. The zero-order valence-corrected chi connectivity index (χ0v) is 18.6. The first-order valence-corrected chi connectivity index (χ1v) is 11.8. The Morgan fingerprint density at radius 3 is 2.20 bits per heavy atom. The largest absolute Gasteiger partial charge is 0.497 e. The van der Waals surface area contributed by atoms with Crippen molar-refractivity contribution in [2.45, 2.75) is 44.2 Å². The van der Waals surface area contributed by atoms with Crippen molar-refractivity contribution in [1.82, 2.24) is 9.62 Å². The van der Waals surface area contributed by atoms with Crippen LogP contribution in [0.4, 0.5) is 5.69 Å². The van der Waals surface area contributed by atoms with Gasteiger partial charge in [-0.25, -0.2) is 8.42 Å². The fourth-order valence-corrected chi connectivity index (χ4v) is 4.97. The van der Waals surface area contributed by atoms with Gasteiger partial charge in [0.2, 0.25) is 21.8 Å². The van der Waals surface area contributed by atoms with Crippen molar-refractivity contribution < 1.29 is 27.5 Å². The van der Waals surface area contributed by atoms with Crippen LogP contribution in [0.2, 0.25) is 0 Å². The number of nitrogens with one attached hydrogen (secondary N) is 1. The molecule has 2 aliphatic rings. The molecule has 1 N–H and O–H groups in total. The van der Waals surface area contributed by atoms with Gasteiger partial charge in [-0.15, -0.1) is 0 Å². The second-order valence-electron chi connectivity index (χ2n) is 8.06. The van der Waals surface area contributed by atoms with Crippen molar-refractivity contribution in [3.05, 3.63) is 18.2 Å². The molecular formula is C20H29N3O6S. The maximum absolute atomic E-state index is 13.4. The number of sulfonamides is 1. The molecule has 10 heteroatoms. The molecule has 0 aromatic heterocycles. The van der Waals surface area contributed by atoms with Crippen LogP contribution >= 0.6 is 0 Å². The maximum atomic E-state index is 13.4. The number of anilines is 1. The summed E-state index contributed by atoms with van der Waals surface area (Å²) in [6, 6.07) is 4.96. The molecule has 1 aliphatic carbocycles. The van der Waals surface area contributed by atoms with E-state index in [2.05, 4.69) is 5.32 Å². The Hall–Kier alpha value is -2.33. The number of rotatable bonds is 6. The first-order valence-electron chi connectivity index (χ1n) is 9.90. The van der Waals surface area contributed by atoms with Crippen LogP contribution in [0.25, 0.3) is 0 Å². The molecule has 2 fully saturated rings. The summed E-state index contributed by atoms with van der Waals surface area (Å²) >= 11 is 0. The van der Waals surface area contributed by atoms with E-state index in [0.717, 1.165) is 36.2 Å². The van der Waals surface area contributed by atoms with Gasteiger partial charge in [-0.05, 0) is 19.8 Å². The van der Waals surface area contributed by atoms with Gasteiger partial charge in [0.05, 0.1) is 32.7 Å². The Labute approximate surface area is 177 Å². The van der Waals surface area contributed by atoms with E-state index in [1.54, 1.807) is 25.1 Å². The van der Waals surface area contributed by atoms with Crippen LogP contribution in [0.5, 0.6) is 11.5 Å². The van der Waals surface area contributed by atoms with Crippen molar-refractivity contribution in [2.24, 2.45) is 0 Å². The summed E-state index contributed by atoms with van der Waals surface area (Å²) in [6.07, 6.45) is 4.86. The van der Waals surface area contributed by atoms with Gasteiger partial charge in [0.1, 0.15) is 17.0 Å². The van der Waals surface area contributed by atoms with E-state index in [4.69, 9.17) is 9.47 Å². The number of carbonyl (C=O) groups excluding carboxylic acids is 2. The monoisotopic (exact) mass is 439 g/mol. The Morgan fingerprint density at radius 1 is 1.13 bits per heavy atom. The average Bonchev–Trinajstić information content (AvgIpc) is 3.19. The average molecular weight is 440 g/mol. The predicted octanol–water partition coefficient (Wildman–Crippen LogP) is 1.13. The Balaban J connectivity index is 2.06. The molecular weight excluding hydrogens is 410 g/mol. The van der Waals surface area contributed by atoms with Crippen LogP contribution in [0.3, 0.4) is 0 Å². The third-order valence-electron chi connectivity index (χ3n) is 5.78. The van der Waals surface area contributed by atoms with Gasteiger partial charge in [-0.3, -0.25) is 14.5 Å². The highest BCUT2D eigenvalue weighted by atomic mass is 32.2. The summed E-state index contributed by atoms with van der Waals surface area (Å²) in [5.41, 5.74) is -1.02. The summed E-state index contributed by atoms with van der Waals surface area (Å²) in [5.74, 6) is 0.0476. The second-order valence-corrected chi connectivity index (χ2v) is 10.0. The molecule has 9 nitrogen and oxygen atoms in total. The van der Waals surface area contributed by atoms with Crippen molar-refractivity contribution in [3.8, 4) is 11.5 Å². The number of nitrogens with zero attached hydrogens (tertiary/aromatic N) is 2. The van der Waals surface area contributed by atoms with Gasteiger partial charge in [-0.2, -0.15) is 4.31 Å². The molecule has 1 saturated carbocycles. The summed E-state index contributed by atoms with van der Waals surface area (Å²) in [5, 5.41) is 3.02. The molecule has 1 aromatic rings. The smallest absolute Gasteiger partial charge is 0.247 e. The van der Waals surface area contributed by atoms with Gasteiger partial charge < -0.3 is 14.8 Å². The van der Waals surface area contributed by atoms with Crippen LogP contribution in [0, 0.1) is 0 Å². The van der Waals surface area contributed by atoms with E-state index in [1.165, 1.54) is 19.1 Å². The van der Waals surface area contributed by atoms with Gasteiger partial charge >= 0.3 is 0 Å². The molecule has 0 spiro atoms. The molecule has 1 unspecified atom stereocenters. The highest BCUT2D eigenvalue weighted by Gasteiger charge is 2.50. The molecule has 30 heavy (non-hydrogen) atoms. The van der Waals surface area contributed by atoms with Crippen molar-refractivity contribution >= 4 is 27.5 Å². The highest BCUT2D eigenvalue weighted by Crippen LogP contribution is 2.36. The first-order chi connectivity index (χ1) is 14.1. The predicted molar refractivity (Wildman–Crippen MR) is 112 cm³/mol. The Morgan fingerprint density at radius 2 is 1.70 bits per heavy atom. The fourth-order valence-electron chi connectivity index (χ4n) is 4.14. The Kier molecular flexibility index (Phi) is 6.28. The molecule has 1 heterocycles. The lowest BCUT2D eigenvalue weighted by Gasteiger charge is -2.46. The number of benzene rings is 1. The topological polar surface area (TPSA) is 105 Å². The summed E-state index contributed by atoms with van der Waals surface area (Å²) in [4.78, 5) is 27.9. The number of hydrogen-bond acceptors (Lipinski definition) is 6. The van der Waals surface area contributed by atoms with Crippen molar-refractivity contribution in [3.63, 3.8) is 0 Å². The fraction of sp³-hybridized carbons (Fsp3) is 0.600. The molecule has 1 atom stereocenters. The third kappa shape index (κ3) is 4.39. The number of piperazine rings is 1.